The van der Waals surface area contributed by atoms with Crippen LogP contribution in [0.2, 0.25) is 0 Å². The number of aryl methyl sites for hydroxylation is 3. The molecule has 0 aliphatic carbocycles. The van der Waals surface area contributed by atoms with Gasteiger partial charge >= 0.3 is 6.09 Å². The number of para-hydroxylation sites is 1. The fraction of sp³-hybridized carbons (Fsp3) is 0.516. The van der Waals surface area contributed by atoms with E-state index in [-0.39, 0.29) is 11.8 Å². The summed E-state index contributed by atoms with van der Waals surface area (Å²) in [4.78, 5) is 41.9. The molecule has 0 aromatic heterocycles. The zero-order valence-corrected chi connectivity index (χ0v) is 24.3. The Morgan fingerprint density at radius 2 is 1.63 bits per heavy atom. The maximum absolute atomic E-state index is 14.0. The zero-order valence-electron chi connectivity index (χ0n) is 24.3. The third-order valence-electron chi connectivity index (χ3n) is 6.32. The zero-order chi connectivity index (χ0) is 28.5. The lowest BCUT2D eigenvalue weighted by Gasteiger charge is -2.34. The van der Waals surface area contributed by atoms with Gasteiger partial charge in [0.05, 0.1) is 0 Å². The van der Waals surface area contributed by atoms with Crippen molar-refractivity contribution >= 4 is 23.6 Å². The first-order valence-corrected chi connectivity index (χ1v) is 13.6. The van der Waals surface area contributed by atoms with E-state index < -0.39 is 23.8 Å². The minimum Gasteiger partial charge on any atom is -0.444 e. The van der Waals surface area contributed by atoms with Crippen molar-refractivity contribution in [3.63, 3.8) is 0 Å². The predicted octanol–water partition coefficient (Wildman–Crippen LogP) is 6.61. The van der Waals surface area contributed by atoms with Crippen molar-refractivity contribution in [2.24, 2.45) is 0 Å². The molecule has 0 bridgehead atoms. The van der Waals surface area contributed by atoms with Gasteiger partial charge in [-0.3, -0.25) is 9.59 Å². The number of rotatable bonds is 11. The van der Waals surface area contributed by atoms with E-state index in [2.05, 4.69) is 17.6 Å². The Morgan fingerprint density at radius 1 is 0.947 bits per heavy atom. The van der Waals surface area contributed by atoms with E-state index in [9.17, 15) is 14.4 Å². The average Bonchev–Trinajstić information content (AvgIpc) is 2.81. The molecule has 7 nitrogen and oxygen atoms in total. The lowest BCUT2D eigenvalue weighted by Crippen LogP contribution is -2.51. The lowest BCUT2D eigenvalue weighted by molar-refractivity contribution is -0.140. The molecule has 0 saturated heterocycles. The third kappa shape index (κ3) is 9.19. The molecule has 7 heteroatoms. The van der Waals surface area contributed by atoms with Gasteiger partial charge < -0.3 is 20.3 Å². The van der Waals surface area contributed by atoms with Gasteiger partial charge in [0.15, 0.2) is 0 Å². The Labute approximate surface area is 228 Å². The van der Waals surface area contributed by atoms with Gasteiger partial charge in [-0.05, 0) is 77.6 Å². The van der Waals surface area contributed by atoms with Crippen LogP contribution in [0.5, 0.6) is 0 Å². The van der Waals surface area contributed by atoms with Crippen LogP contribution in [0.3, 0.4) is 0 Å². The van der Waals surface area contributed by atoms with Crippen molar-refractivity contribution in [3.05, 3.63) is 64.7 Å². The number of hydrogen-bond donors (Lipinski definition) is 2. The van der Waals surface area contributed by atoms with Crippen LogP contribution in [0, 0.1) is 20.8 Å². The second-order valence-electron chi connectivity index (χ2n) is 11.0. The van der Waals surface area contributed by atoms with E-state index >= 15 is 0 Å². The number of anilines is 1. The monoisotopic (exact) mass is 523 g/mol. The van der Waals surface area contributed by atoms with Gasteiger partial charge in [-0.25, -0.2) is 4.79 Å². The number of nitrogens with one attached hydrogen (secondary N) is 2. The summed E-state index contributed by atoms with van der Waals surface area (Å²) in [5, 5.41) is 5.72. The molecule has 0 radical (unpaired) electrons. The van der Waals surface area contributed by atoms with Crippen molar-refractivity contribution in [1.82, 2.24) is 10.2 Å². The van der Waals surface area contributed by atoms with Gasteiger partial charge in [-0.15, -0.1) is 0 Å². The van der Waals surface area contributed by atoms with Crippen molar-refractivity contribution < 1.29 is 19.1 Å². The van der Waals surface area contributed by atoms with Crippen LogP contribution in [0.4, 0.5) is 10.5 Å². The number of unbranched alkanes of at least 4 members (excludes halogenated alkanes) is 3. The number of ether oxygens (including phenoxy) is 1. The number of carbonyl (C=O) groups excluding carboxylic acids is 3. The van der Waals surface area contributed by atoms with Crippen LogP contribution >= 0.6 is 0 Å². The molecule has 2 rings (SSSR count). The van der Waals surface area contributed by atoms with Gasteiger partial charge in [0, 0.05) is 12.2 Å². The summed E-state index contributed by atoms with van der Waals surface area (Å²) in [6.45, 7) is 15.3. The molecule has 0 fully saturated rings. The van der Waals surface area contributed by atoms with Crippen LogP contribution in [0.15, 0.2) is 42.5 Å². The molecule has 2 N–H and O–H groups in total. The normalized spacial score (nSPS) is 12.8. The molecular weight excluding hydrogens is 478 g/mol. The van der Waals surface area contributed by atoms with Crippen molar-refractivity contribution in [2.45, 2.75) is 98.8 Å². The molecule has 208 valence electrons. The lowest BCUT2D eigenvalue weighted by atomic mass is 9.96. The molecule has 0 heterocycles. The summed E-state index contributed by atoms with van der Waals surface area (Å²) >= 11 is 0. The summed E-state index contributed by atoms with van der Waals surface area (Å²) in [6.07, 6.45) is 3.11. The largest absolute Gasteiger partial charge is 0.444 e. The molecule has 2 atom stereocenters. The van der Waals surface area contributed by atoms with Gasteiger partial charge in [0.1, 0.15) is 17.7 Å². The van der Waals surface area contributed by atoms with Crippen LogP contribution in [0.25, 0.3) is 0 Å². The fourth-order valence-electron chi connectivity index (χ4n) is 4.37. The van der Waals surface area contributed by atoms with E-state index in [4.69, 9.17) is 4.74 Å². The standard InChI is InChI=1S/C31H45N3O4/c1-9-10-11-14-19-34(29(36)24(5)32-30(37)38-31(6,7)8)27(25-18-17-21(2)20-23(25)4)28(35)33-26-16-13-12-15-22(26)3/h12-13,15-18,20,24,27H,9-11,14,19H2,1-8H3,(H,32,37)(H,33,35). The third-order valence-corrected chi connectivity index (χ3v) is 6.32. The highest BCUT2D eigenvalue weighted by Crippen LogP contribution is 2.29. The summed E-state index contributed by atoms with van der Waals surface area (Å²) in [7, 11) is 0. The number of carbonyl (C=O) groups is 3. The Bertz CT molecular complexity index is 1110. The van der Waals surface area contributed by atoms with Gasteiger partial charge in [0.2, 0.25) is 5.91 Å². The van der Waals surface area contributed by atoms with Crippen molar-refractivity contribution in [1.29, 1.82) is 0 Å². The van der Waals surface area contributed by atoms with Crippen LogP contribution in [0.1, 0.15) is 88.6 Å². The summed E-state index contributed by atoms with van der Waals surface area (Å²) in [5.74, 6) is -0.628. The Balaban J connectivity index is 2.48. The smallest absolute Gasteiger partial charge is 0.408 e. The minimum atomic E-state index is -0.879. The van der Waals surface area contributed by atoms with E-state index in [0.29, 0.717) is 12.2 Å². The molecule has 0 aliphatic rings. The van der Waals surface area contributed by atoms with Crippen molar-refractivity contribution in [2.75, 3.05) is 11.9 Å². The van der Waals surface area contributed by atoms with E-state index in [1.54, 1.807) is 32.6 Å². The highest BCUT2D eigenvalue weighted by Gasteiger charge is 2.35. The van der Waals surface area contributed by atoms with Crippen molar-refractivity contribution in [3.8, 4) is 0 Å². The molecule has 2 aromatic carbocycles. The fourth-order valence-corrected chi connectivity index (χ4v) is 4.37. The second kappa shape index (κ2) is 14.0. The summed E-state index contributed by atoms with van der Waals surface area (Å²) in [6, 6.07) is 11.7. The number of alkyl carbamates (subject to hydrolysis) is 1. The van der Waals surface area contributed by atoms with Gasteiger partial charge in [-0.2, -0.15) is 0 Å². The number of nitrogens with zero attached hydrogens (tertiary/aromatic N) is 1. The maximum atomic E-state index is 14.0. The average molecular weight is 524 g/mol. The van der Waals surface area contributed by atoms with E-state index in [1.165, 1.54) is 0 Å². The molecule has 2 unspecified atom stereocenters. The molecule has 0 aliphatic heterocycles. The number of amides is 3. The van der Waals surface area contributed by atoms with Gasteiger partial charge in [0.25, 0.3) is 5.91 Å². The molecule has 3 amide bonds. The summed E-state index contributed by atoms with van der Waals surface area (Å²) < 4.78 is 5.37. The van der Waals surface area contributed by atoms with Crippen LogP contribution in [-0.4, -0.2) is 41.0 Å². The van der Waals surface area contributed by atoms with E-state index in [1.807, 2.05) is 63.2 Å². The first-order valence-electron chi connectivity index (χ1n) is 13.6. The Kier molecular flexibility index (Phi) is 11.4. The molecule has 0 spiro atoms. The molecule has 0 saturated carbocycles. The Morgan fingerprint density at radius 3 is 2.24 bits per heavy atom. The summed E-state index contributed by atoms with van der Waals surface area (Å²) in [5.41, 5.74) is 3.70. The maximum Gasteiger partial charge on any atom is 0.408 e. The predicted molar refractivity (Wildman–Crippen MR) is 153 cm³/mol. The van der Waals surface area contributed by atoms with Gasteiger partial charge in [-0.1, -0.05) is 68.1 Å². The molecular formula is C31H45N3O4. The Hall–Kier alpha value is -3.35. The minimum absolute atomic E-state index is 0.292. The first-order chi connectivity index (χ1) is 17.8. The topological polar surface area (TPSA) is 87.7 Å². The number of hydrogen-bond acceptors (Lipinski definition) is 4. The quantitative estimate of drug-likeness (QED) is 0.324. The van der Waals surface area contributed by atoms with E-state index in [0.717, 1.165) is 47.9 Å². The SMILES string of the molecule is CCCCCCN(C(=O)C(C)NC(=O)OC(C)(C)C)C(C(=O)Nc1ccccc1C)c1ccc(C)cc1C. The molecule has 2 aromatic rings. The second-order valence-corrected chi connectivity index (χ2v) is 11.0. The first kappa shape index (κ1) is 30.9. The van der Waals surface area contributed by atoms with Crippen LogP contribution < -0.4 is 10.6 Å². The van der Waals surface area contributed by atoms with Crippen LogP contribution in [-0.2, 0) is 14.3 Å². The molecule has 38 heavy (non-hydrogen) atoms. The highest BCUT2D eigenvalue weighted by molar-refractivity contribution is 5.99. The number of benzene rings is 2. The highest BCUT2D eigenvalue weighted by atomic mass is 16.6.